The van der Waals surface area contributed by atoms with Crippen molar-refractivity contribution >= 4 is 22.6 Å². The number of nitrogens with zero attached hydrogens (tertiary/aromatic N) is 1. The molecule has 0 aliphatic rings. The van der Waals surface area contributed by atoms with E-state index in [-0.39, 0.29) is 12.5 Å². The Morgan fingerprint density at radius 2 is 1.86 bits per heavy atom. The van der Waals surface area contributed by atoms with E-state index in [1.54, 1.807) is 38.3 Å². The maximum absolute atomic E-state index is 12.0. The monoisotopic (exact) mass is 382 g/mol. The van der Waals surface area contributed by atoms with E-state index in [4.69, 9.17) is 18.6 Å². The van der Waals surface area contributed by atoms with Crippen molar-refractivity contribution in [1.82, 2.24) is 5.43 Å². The first-order valence-electron chi connectivity index (χ1n) is 8.86. The molecular weight excluding hydrogens is 360 g/mol. The summed E-state index contributed by atoms with van der Waals surface area (Å²) in [5.41, 5.74) is 3.66. The number of amides is 1. The van der Waals surface area contributed by atoms with Crippen molar-refractivity contribution in [2.45, 2.75) is 13.8 Å². The number of hydrogen-bond acceptors (Lipinski definition) is 6. The number of hydrazone groups is 1. The second kappa shape index (κ2) is 8.94. The van der Waals surface area contributed by atoms with E-state index in [0.717, 1.165) is 11.1 Å². The minimum atomic E-state index is -0.374. The van der Waals surface area contributed by atoms with E-state index in [2.05, 4.69) is 10.5 Å². The van der Waals surface area contributed by atoms with Crippen LogP contribution in [0.5, 0.6) is 17.2 Å². The Hall–Kier alpha value is -3.48. The van der Waals surface area contributed by atoms with Crippen LogP contribution in [0.4, 0.5) is 0 Å². The number of para-hydroxylation sites is 1. The van der Waals surface area contributed by atoms with Gasteiger partial charge in [0, 0.05) is 5.39 Å². The van der Waals surface area contributed by atoms with Crippen molar-refractivity contribution in [3.8, 4) is 17.2 Å². The average molecular weight is 382 g/mol. The highest BCUT2D eigenvalue weighted by Gasteiger charge is 2.11. The minimum Gasteiger partial charge on any atom is -0.497 e. The number of carbonyl (C=O) groups excluding carboxylic acids is 1. The molecule has 1 N–H and O–H groups in total. The molecular formula is C21H22N2O5. The third-order valence-electron chi connectivity index (χ3n) is 3.94. The number of ether oxygens (including phenoxy) is 3. The molecule has 0 radical (unpaired) electrons. The molecule has 0 saturated heterocycles. The molecule has 2 aromatic carbocycles. The van der Waals surface area contributed by atoms with E-state index >= 15 is 0 Å². The average Bonchev–Trinajstić information content (AvgIpc) is 3.16. The van der Waals surface area contributed by atoms with Crippen molar-refractivity contribution in [3.05, 3.63) is 54.3 Å². The molecule has 1 amide bonds. The maximum Gasteiger partial charge on any atom is 0.277 e. The van der Waals surface area contributed by atoms with Gasteiger partial charge in [-0.3, -0.25) is 4.79 Å². The van der Waals surface area contributed by atoms with Gasteiger partial charge in [-0.2, -0.15) is 5.10 Å². The Kier molecular flexibility index (Phi) is 6.16. The Morgan fingerprint density at radius 1 is 1.11 bits per heavy atom. The molecule has 0 unspecified atom stereocenters. The topological polar surface area (TPSA) is 82.3 Å². The van der Waals surface area contributed by atoms with Crippen LogP contribution in [0, 0.1) is 0 Å². The number of benzene rings is 2. The molecule has 0 aliphatic heterocycles. The molecule has 0 bridgehead atoms. The van der Waals surface area contributed by atoms with Crippen LogP contribution >= 0.6 is 0 Å². The molecule has 1 heterocycles. The summed E-state index contributed by atoms with van der Waals surface area (Å²) in [5.74, 6) is 2.14. The van der Waals surface area contributed by atoms with Crippen LogP contribution in [0.3, 0.4) is 0 Å². The van der Waals surface area contributed by atoms with Crippen LogP contribution in [0.2, 0.25) is 0 Å². The number of methoxy groups -OCH3 is 1. The predicted molar refractivity (Wildman–Crippen MR) is 106 cm³/mol. The van der Waals surface area contributed by atoms with Crippen LogP contribution in [0.15, 0.2) is 58.0 Å². The van der Waals surface area contributed by atoms with Crippen molar-refractivity contribution < 1.29 is 23.4 Å². The maximum atomic E-state index is 12.0. The third-order valence-corrected chi connectivity index (χ3v) is 3.94. The van der Waals surface area contributed by atoms with Crippen LogP contribution in [0.1, 0.15) is 19.6 Å². The van der Waals surface area contributed by atoms with Gasteiger partial charge in [0.25, 0.3) is 5.91 Å². The summed E-state index contributed by atoms with van der Waals surface area (Å²) in [5, 5.41) is 4.99. The van der Waals surface area contributed by atoms with Gasteiger partial charge in [-0.25, -0.2) is 5.43 Å². The Bertz CT molecular complexity index is 976. The highest BCUT2D eigenvalue weighted by Crippen LogP contribution is 2.29. The lowest BCUT2D eigenvalue weighted by Crippen LogP contribution is -2.25. The van der Waals surface area contributed by atoms with Gasteiger partial charge in [0.05, 0.1) is 13.7 Å². The van der Waals surface area contributed by atoms with E-state index in [0.29, 0.717) is 35.2 Å². The van der Waals surface area contributed by atoms with Crippen molar-refractivity contribution in [1.29, 1.82) is 0 Å². The Morgan fingerprint density at radius 3 is 2.57 bits per heavy atom. The summed E-state index contributed by atoms with van der Waals surface area (Å²) in [6, 6.07) is 14.5. The van der Waals surface area contributed by atoms with Crippen LogP contribution in [-0.2, 0) is 4.79 Å². The van der Waals surface area contributed by atoms with E-state index in [9.17, 15) is 4.79 Å². The molecule has 0 spiro atoms. The first kappa shape index (κ1) is 19.3. The summed E-state index contributed by atoms with van der Waals surface area (Å²) < 4.78 is 21.9. The van der Waals surface area contributed by atoms with Gasteiger partial charge >= 0.3 is 0 Å². The SMILES string of the molecule is CCOc1cccc2cc(/C(C)=N\NC(=O)COc3ccc(OC)cc3)oc12. The highest BCUT2D eigenvalue weighted by molar-refractivity contribution is 6.01. The smallest absolute Gasteiger partial charge is 0.277 e. The molecule has 0 saturated carbocycles. The zero-order valence-corrected chi connectivity index (χ0v) is 16.0. The predicted octanol–water partition coefficient (Wildman–Crippen LogP) is 3.76. The molecule has 3 aromatic rings. The normalized spacial score (nSPS) is 11.3. The number of nitrogens with one attached hydrogen (secondary N) is 1. The second-order valence-corrected chi connectivity index (χ2v) is 5.91. The summed E-state index contributed by atoms with van der Waals surface area (Å²) in [6.07, 6.45) is 0. The van der Waals surface area contributed by atoms with Crippen molar-refractivity contribution in [2.24, 2.45) is 5.10 Å². The first-order valence-corrected chi connectivity index (χ1v) is 8.86. The summed E-state index contributed by atoms with van der Waals surface area (Å²) in [7, 11) is 1.59. The lowest BCUT2D eigenvalue weighted by atomic mass is 10.2. The third kappa shape index (κ3) is 4.62. The van der Waals surface area contributed by atoms with Gasteiger partial charge in [0.15, 0.2) is 23.7 Å². The first-order chi connectivity index (χ1) is 13.6. The van der Waals surface area contributed by atoms with Gasteiger partial charge in [-0.1, -0.05) is 12.1 Å². The lowest BCUT2D eigenvalue weighted by Gasteiger charge is -2.06. The number of fused-ring (bicyclic) bond motifs is 1. The van der Waals surface area contributed by atoms with Gasteiger partial charge in [-0.15, -0.1) is 0 Å². The van der Waals surface area contributed by atoms with Gasteiger partial charge in [0.2, 0.25) is 0 Å². The number of furan rings is 1. The highest BCUT2D eigenvalue weighted by atomic mass is 16.5. The molecule has 0 aliphatic carbocycles. The molecule has 1 aromatic heterocycles. The molecule has 28 heavy (non-hydrogen) atoms. The molecule has 7 nitrogen and oxygen atoms in total. The number of carbonyl (C=O) groups is 1. The van der Waals surface area contributed by atoms with E-state index in [1.807, 2.05) is 31.2 Å². The molecule has 0 atom stereocenters. The zero-order chi connectivity index (χ0) is 19.9. The van der Waals surface area contributed by atoms with Crippen molar-refractivity contribution in [3.63, 3.8) is 0 Å². The fourth-order valence-electron chi connectivity index (χ4n) is 2.54. The standard InChI is InChI=1S/C21H22N2O5/c1-4-26-18-7-5-6-15-12-19(28-21(15)18)14(2)22-23-20(24)13-27-17-10-8-16(25-3)9-11-17/h5-12H,4,13H2,1-3H3,(H,23,24)/b22-14-. The Labute approximate surface area is 162 Å². The molecule has 0 fully saturated rings. The largest absolute Gasteiger partial charge is 0.497 e. The van der Waals surface area contributed by atoms with Gasteiger partial charge in [-0.05, 0) is 50.2 Å². The quantitative estimate of drug-likeness (QED) is 0.474. The molecule has 7 heteroatoms. The van der Waals surface area contributed by atoms with Crippen LogP contribution in [-0.4, -0.2) is 31.9 Å². The van der Waals surface area contributed by atoms with Crippen molar-refractivity contribution in [2.75, 3.05) is 20.3 Å². The molecule has 146 valence electrons. The summed E-state index contributed by atoms with van der Waals surface area (Å²) in [6.45, 7) is 4.06. The fourth-order valence-corrected chi connectivity index (χ4v) is 2.54. The minimum absolute atomic E-state index is 0.155. The number of rotatable bonds is 8. The summed E-state index contributed by atoms with van der Waals surface area (Å²) >= 11 is 0. The Balaban J connectivity index is 1.60. The zero-order valence-electron chi connectivity index (χ0n) is 16.0. The fraction of sp³-hybridized carbons (Fsp3) is 0.238. The van der Waals surface area contributed by atoms with Gasteiger partial charge in [0.1, 0.15) is 17.2 Å². The second-order valence-electron chi connectivity index (χ2n) is 5.91. The van der Waals surface area contributed by atoms with Crippen LogP contribution < -0.4 is 19.6 Å². The van der Waals surface area contributed by atoms with E-state index < -0.39 is 0 Å². The molecule has 3 rings (SSSR count). The van der Waals surface area contributed by atoms with Gasteiger partial charge < -0.3 is 18.6 Å². The van der Waals surface area contributed by atoms with E-state index in [1.165, 1.54) is 0 Å². The number of hydrogen-bond donors (Lipinski definition) is 1. The van der Waals surface area contributed by atoms with Crippen LogP contribution in [0.25, 0.3) is 11.0 Å². The summed E-state index contributed by atoms with van der Waals surface area (Å²) in [4.78, 5) is 12.0. The lowest BCUT2D eigenvalue weighted by molar-refractivity contribution is -0.123.